The molecule has 4 nitrogen and oxygen atoms in total. The molecule has 2 aromatic rings. The summed E-state index contributed by atoms with van der Waals surface area (Å²) in [6, 6.07) is 6.01. The highest BCUT2D eigenvalue weighted by Gasteiger charge is 2.34. The van der Waals surface area contributed by atoms with Gasteiger partial charge in [0.05, 0.1) is 5.56 Å². The summed E-state index contributed by atoms with van der Waals surface area (Å²) in [6.45, 7) is 6.70. The maximum atomic E-state index is 12.6. The van der Waals surface area contributed by atoms with Gasteiger partial charge in [0.2, 0.25) is 0 Å². The second-order valence-electron chi connectivity index (χ2n) is 4.18. The predicted molar refractivity (Wildman–Crippen MR) is 65.2 cm³/mol. The fourth-order valence-corrected chi connectivity index (χ4v) is 1.75. The van der Waals surface area contributed by atoms with Gasteiger partial charge in [-0.05, 0) is 12.1 Å². The monoisotopic (exact) mass is 281 g/mol. The van der Waals surface area contributed by atoms with Crippen LogP contribution < -0.4 is 0 Å². The number of aliphatic hydroxyl groups is 1. The third-order valence-electron chi connectivity index (χ3n) is 2.76. The van der Waals surface area contributed by atoms with Gasteiger partial charge in [-0.15, -0.1) is 0 Å². The molecule has 1 aromatic heterocycles. The Bertz CT molecular complexity index is 653. The Labute approximate surface area is 112 Å². The number of hydrogen-bond acceptors (Lipinski definition) is 2. The number of aliphatic hydroxyl groups excluding tert-OH is 1. The molecule has 1 atom stereocenters. The third kappa shape index (κ3) is 2.65. The number of imidazole rings is 1. The van der Waals surface area contributed by atoms with E-state index in [2.05, 4.69) is 9.83 Å². The molecule has 1 heterocycles. The standard InChI is InChI=1S/C13H10F3N3O/c1-17-12(20)9-5-3-8(4-6-9)11-18-10(7-19(11)2)13(14,15)16/h3-7,12,20H,2H3. The molecule has 0 saturated carbocycles. The van der Waals surface area contributed by atoms with Gasteiger partial charge in [0.15, 0.2) is 5.69 Å². The first-order chi connectivity index (χ1) is 9.32. The summed E-state index contributed by atoms with van der Waals surface area (Å²) in [5.74, 6) is 0.168. The Kier molecular flexibility index (Phi) is 3.51. The van der Waals surface area contributed by atoms with Crippen molar-refractivity contribution in [1.82, 2.24) is 9.55 Å². The van der Waals surface area contributed by atoms with Crippen molar-refractivity contribution in [1.29, 1.82) is 0 Å². The van der Waals surface area contributed by atoms with Crippen LogP contribution >= 0.6 is 0 Å². The zero-order chi connectivity index (χ0) is 14.9. The summed E-state index contributed by atoms with van der Waals surface area (Å²) in [6.07, 6.45) is -4.84. The van der Waals surface area contributed by atoms with Crippen LogP contribution in [0, 0.1) is 6.57 Å². The Morgan fingerprint density at radius 1 is 1.30 bits per heavy atom. The fraction of sp³-hybridized carbons (Fsp3) is 0.231. The second-order valence-corrected chi connectivity index (χ2v) is 4.18. The molecule has 0 amide bonds. The van der Waals surface area contributed by atoms with Crippen molar-refractivity contribution < 1.29 is 18.3 Å². The SMILES string of the molecule is [C-]#[N+]C(O)c1ccc(-c2nc(C(F)(F)F)cn2C)cc1. The third-order valence-corrected chi connectivity index (χ3v) is 2.76. The zero-order valence-electron chi connectivity index (χ0n) is 10.4. The normalized spacial score (nSPS) is 13.0. The van der Waals surface area contributed by atoms with Crippen LogP contribution in [0.1, 0.15) is 17.5 Å². The molecule has 0 saturated heterocycles. The highest BCUT2D eigenvalue weighted by atomic mass is 19.4. The zero-order valence-corrected chi connectivity index (χ0v) is 10.4. The lowest BCUT2D eigenvalue weighted by Crippen LogP contribution is -2.04. The van der Waals surface area contributed by atoms with Crippen LogP contribution in [-0.2, 0) is 13.2 Å². The highest BCUT2D eigenvalue weighted by molar-refractivity contribution is 5.56. The number of aromatic nitrogens is 2. The molecule has 0 spiro atoms. The summed E-state index contributed by atoms with van der Waals surface area (Å²) in [7, 11) is 1.47. The maximum absolute atomic E-state index is 12.6. The van der Waals surface area contributed by atoms with E-state index in [1.807, 2.05) is 0 Å². The number of hydrogen-bond donors (Lipinski definition) is 1. The molecule has 1 aromatic carbocycles. The average Bonchev–Trinajstić information content (AvgIpc) is 2.80. The van der Waals surface area contributed by atoms with E-state index in [4.69, 9.17) is 6.57 Å². The van der Waals surface area contributed by atoms with Gasteiger partial charge in [-0.3, -0.25) is 4.85 Å². The number of halogens is 3. The largest absolute Gasteiger partial charge is 0.434 e. The summed E-state index contributed by atoms with van der Waals surface area (Å²) >= 11 is 0. The molecule has 1 unspecified atom stereocenters. The summed E-state index contributed by atoms with van der Waals surface area (Å²) in [5.41, 5.74) is -0.0989. The molecular weight excluding hydrogens is 271 g/mol. The first-order valence-corrected chi connectivity index (χ1v) is 5.58. The molecule has 104 valence electrons. The van der Waals surface area contributed by atoms with Crippen molar-refractivity contribution in [3.05, 3.63) is 53.1 Å². The van der Waals surface area contributed by atoms with E-state index in [9.17, 15) is 18.3 Å². The number of benzene rings is 1. The van der Waals surface area contributed by atoms with Crippen molar-refractivity contribution >= 4 is 0 Å². The van der Waals surface area contributed by atoms with Crippen molar-refractivity contribution in [2.24, 2.45) is 7.05 Å². The molecule has 7 heteroatoms. The molecule has 0 bridgehead atoms. The summed E-state index contributed by atoms with van der Waals surface area (Å²) in [5, 5.41) is 9.33. The van der Waals surface area contributed by atoms with E-state index >= 15 is 0 Å². The number of rotatable bonds is 2. The van der Waals surface area contributed by atoms with Crippen molar-refractivity contribution in [2.75, 3.05) is 0 Å². The van der Waals surface area contributed by atoms with Crippen LogP contribution in [0.2, 0.25) is 0 Å². The van der Waals surface area contributed by atoms with Gasteiger partial charge in [0.1, 0.15) is 5.82 Å². The quantitative estimate of drug-likeness (QED) is 0.860. The van der Waals surface area contributed by atoms with Crippen LogP contribution in [0.4, 0.5) is 13.2 Å². The molecule has 2 rings (SSSR count). The minimum Gasteiger partial charge on any atom is -0.333 e. The molecule has 0 radical (unpaired) electrons. The summed E-state index contributed by atoms with van der Waals surface area (Å²) in [4.78, 5) is 6.51. The van der Waals surface area contributed by atoms with E-state index in [0.29, 0.717) is 11.1 Å². The van der Waals surface area contributed by atoms with Gasteiger partial charge < -0.3 is 9.67 Å². The van der Waals surface area contributed by atoms with Gasteiger partial charge >= 0.3 is 12.4 Å². The Morgan fingerprint density at radius 3 is 2.35 bits per heavy atom. The second kappa shape index (κ2) is 4.98. The van der Waals surface area contributed by atoms with Crippen LogP contribution in [0.3, 0.4) is 0 Å². The molecule has 20 heavy (non-hydrogen) atoms. The molecular formula is C13H10F3N3O. The van der Waals surface area contributed by atoms with Gasteiger partial charge in [-0.2, -0.15) is 13.2 Å². The van der Waals surface area contributed by atoms with Gasteiger partial charge in [-0.1, -0.05) is 12.1 Å². The van der Waals surface area contributed by atoms with Crippen molar-refractivity contribution in [2.45, 2.75) is 12.4 Å². The lowest BCUT2D eigenvalue weighted by atomic mass is 10.1. The van der Waals surface area contributed by atoms with Gasteiger partial charge in [-0.25, -0.2) is 11.6 Å². The van der Waals surface area contributed by atoms with Gasteiger partial charge in [0, 0.05) is 18.8 Å². The minimum absolute atomic E-state index is 0.168. The Hall–Kier alpha value is -2.33. The highest BCUT2D eigenvalue weighted by Crippen LogP contribution is 2.30. The first-order valence-electron chi connectivity index (χ1n) is 5.58. The van der Waals surface area contributed by atoms with E-state index < -0.39 is 18.1 Å². The maximum Gasteiger partial charge on any atom is 0.434 e. The summed E-state index contributed by atoms with van der Waals surface area (Å²) < 4.78 is 39.0. The number of aryl methyl sites for hydroxylation is 1. The minimum atomic E-state index is -4.49. The van der Waals surface area contributed by atoms with E-state index in [1.54, 1.807) is 0 Å². The fourth-order valence-electron chi connectivity index (χ4n) is 1.75. The van der Waals surface area contributed by atoms with Gasteiger partial charge in [0.25, 0.3) is 0 Å². The Balaban J connectivity index is 2.38. The molecule has 0 aliphatic carbocycles. The van der Waals surface area contributed by atoms with E-state index in [0.717, 1.165) is 6.20 Å². The Morgan fingerprint density at radius 2 is 1.90 bits per heavy atom. The topological polar surface area (TPSA) is 42.4 Å². The average molecular weight is 281 g/mol. The molecule has 0 aliphatic heterocycles. The van der Waals surface area contributed by atoms with Crippen LogP contribution in [0.15, 0.2) is 30.5 Å². The molecule has 0 aliphatic rings. The predicted octanol–water partition coefficient (Wildman–Crippen LogP) is 3.02. The first kappa shape index (κ1) is 14.1. The van der Waals surface area contributed by atoms with E-state index in [1.165, 1.54) is 35.9 Å². The lowest BCUT2D eigenvalue weighted by Gasteiger charge is -2.03. The molecule has 1 N–H and O–H groups in total. The van der Waals surface area contributed by atoms with Crippen molar-refractivity contribution in [3.63, 3.8) is 0 Å². The van der Waals surface area contributed by atoms with Crippen LogP contribution in [0.5, 0.6) is 0 Å². The van der Waals surface area contributed by atoms with E-state index in [-0.39, 0.29) is 5.82 Å². The lowest BCUT2D eigenvalue weighted by molar-refractivity contribution is -0.140. The van der Waals surface area contributed by atoms with Crippen molar-refractivity contribution in [3.8, 4) is 11.4 Å². The van der Waals surface area contributed by atoms with Crippen LogP contribution in [-0.4, -0.2) is 14.7 Å². The number of nitrogens with zero attached hydrogens (tertiary/aromatic N) is 3. The smallest absolute Gasteiger partial charge is 0.333 e. The number of alkyl halides is 3. The van der Waals surface area contributed by atoms with Crippen LogP contribution in [0.25, 0.3) is 16.2 Å². The molecule has 0 fully saturated rings.